The minimum Gasteiger partial charge on any atom is -0.308 e. The van der Waals surface area contributed by atoms with Gasteiger partial charge in [-0.3, -0.25) is 10.1 Å². The molecule has 0 saturated heterocycles. The molecule has 6 heteroatoms. The first-order valence-electron chi connectivity index (χ1n) is 6.07. The SMILES string of the molecule is CCSC(SCC)C(=O)NC(=O)Nc1ccccc1. The van der Waals surface area contributed by atoms with Gasteiger partial charge in [0.05, 0.1) is 0 Å². The van der Waals surface area contributed by atoms with Crippen LogP contribution >= 0.6 is 23.5 Å². The number of carbonyl (C=O) groups excluding carboxylic acids is 2. The van der Waals surface area contributed by atoms with Gasteiger partial charge in [0.2, 0.25) is 0 Å². The van der Waals surface area contributed by atoms with E-state index in [1.54, 1.807) is 12.1 Å². The van der Waals surface area contributed by atoms with Crippen LogP contribution in [-0.4, -0.2) is 28.0 Å². The smallest absolute Gasteiger partial charge is 0.308 e. The molecule has 1 aromatic carbocycles. The Bertz CT molecular complexity index is 406. The zero-order valence-electron chi connectivity index (χ0n) is 11.0. The van der Waals surface area contributed by atoms with E-state index in [0.29, 0.717) is 5.69 Å². The molecule has 0 unspecified atom stereocenters. The number of imide groups is 1. The molecular weight excluding hydrogens is 280 g/mol. The highest BCUT2D eigenvalue weighted by molar-refractivity contribution is 8.18. The number of hydrogen-bond donors (Lipinski definition) is 2. The van der Waals surface area contributed by atoms with E-state index in [2.05, 4.69) is 10.6 Å². The summed E-state index contributed by atoms with van der Waals surface area (Å²) in [4.78, 5) is 23.6. The molecule has 0 heterocycles. The van der Waals surface area contributed by atoms with Crippen molar-refractivity contribution in [2.75, 3.05) is 16.8 Å². The maximum atomic E-state index is 11.9. The molecule has 0 atom stereocenters. The first-order valence-corrected chi connectivity index (χ1v) is 8.17. The van der Waals surface area contributed by atoms with Gasteiger partial charge in [-0.05, 0) is 23.6 Å². The fraction of sp³-hybridized carbons (Fsp3) is 0.385. The summed E-state index contributed by atoms with van der Waals surface area (Å²) in [6, 6.07) is 8.54. The molecule has 0 spiro atoms. The number of para-hydroxylation sites is 1. The van der Waals surface area contributed by atoms with Crippen molar-refractivity contribution >= 4 is 41.1 Å². The van der Waals surface area contributed by atoms with Crippen molar-refractivity contribution < 1.29 is 9.59 Å². The highest BCUT2D eigenvalue weighted by Crippen LogP contribution is 2.23. The Balaban J connectivity index is 2.48. The summed E-state index contributed by atoms with van der Waals surface area (Å²) < 4.78 is -0.239. The lowest BCUT2D eigenvalue weighted by atomic mass is 10.3. The van der Waals surface area contributed by atoms with Crippen molar-refractivity contribution in [3.8, 4) is 0 Å². The van der Waals surface area contributed by atoms with Gasteiger partial charge in [-0.25, -0.2) is 4.79 Å². The van der Waals surface area contributed by atoms with E-state index in [1.807, 2.05) is 32.0 Å². The number of nitrogens with one attached hydrogen (secondary N) is 2. The number of amides is 3. The summed E-state index contributed by atoms with van der Waals surface area (Å²) in [5, 5.41) is 4.99. The summed E-state index contributed by atoms with van der Waals surface area (Å²) in [5.74, 6) is 1.42. The quantitative estimate of drug-likeness (QED) is 0.792. The zero-order chi connectivity index (χ0) is 14.1. The van der Waals surface area contributed by atoms with E-state index >= 15 is 0 Å². The number of rotatable bonds is 6. The van der Waals surface area contributed by atoms with E-state index in [9.17, 15) is 9.59 Å². The number of carbonyl (C=O) groups is 2. The molecule has 0 aromatic heterocycles. The molecule has 1 aromatic rings. The van der Waals surface area contributed by atoms with E-state index in [4.69, 9.17) is 0 Å². The maximum Gasteiger partial charge on any atom is 0.325 e. The normalized spacial score (nSPS) is 10.3. The molecule has 0 aliphatic carbocycles. The molecular formula is C13H18N2O2S2. The van der Waals surface area contributed by atoms with Crippen LogP contribution in [0.5, 0.6) is 0 Å². The van der Waals surface area contributed by atoms with E-state index in [0.717, 1.165) is 11.5 Å². The average molecular weight is 298 g/mol. The van der Waals surface area contributed by atoms with Gasteiger partial charge in [0.25, 0.3) is 5.91 Å². The van der Waals surface area contributed by atoms with Crippen molar-refractivity contribution in [2.45, 2.75) is 18.4 Å². The predicted octanol–water partition coefficient (Wildman–Crippen LogP) is 3.17. The van der Waals surface area contributed by atoms with Crippen LogP contribution < -0.4 is 10.6 Å². The van der Waals surface area contributed by atoms with Gasteiger partial charge in [0, 0.05) is 5.69 Å². The third-order valence-electron chi connectivity index (χ3n) is 2.12. The molecule has 4 nitrogen and oxygen atoms in total. The number of thioether (sulfide) groups is 2. The lowest BCUT2D eigenvalue weighted by Crippen LogP contribution is -2.39. The van der Waals surface area contributed by atoms with E-state index in [1.165, 1.54) is 23.5 Å². The Morgan fingerprint density at radius 1 is 1.11 bits per heavy atom. The van der Waals surface area contributed by atoms with Crippen LogP contribution in [0.1, 0.15) is 13.8 Å². The van der Waals surface area contributed by atoms with Crippen LogP contribution in [0.15, 0.2) is 30.3 Å². The molecule has 104 valence electrons. The first kappa shape index (κ1) is 15.9. The topological polar surface area (TPSA) is 58.2 Å². The van der Waals surface area contributed by atoms with Crippen molar-refractivity contribution in [3.63, 3.8) is 0 Å². The summed E-state index contributed by atoms with van der Waals surface area (Å²) in [6.07, 6.45) is 0. The Morgan fingerprint density at radius 3 is 2.21 bits per heavy atom. The van der Waals surface area contributed by atoms with Crippen molar-refractivity contribution in [1.82, 2.24) is 5.32 Å². The lowest BCUT2D eigenvalue weighted by Gasteiger charge is -2.14. The zero-order valence-corrected chi connectivity index (χ0v) is 12.6. The van der Waals surface area contributed by atoms with Gasteiger partial charge in [0.1, 0.15) is 4.58 Å². The van der Waals surface area contributed by atoms with Crippen LogP contribution in [0.2, 0.25) is 0 Å². The Morgan fingerprint density at radius 2 is 1.68 bits per heavy atom. The number of anilines is 1. The number of hydrogen-bond acceptors (Lipinski definition) is 4. The Hall–Kier alpha value is -1.14. The predicted molar refractivity (Wildman–Crippen MR) is 83.7 cm³/mol. The van der Waals surface area contributed by atoms with Gasteiger partial charge in [-0.15, -0.1) is 23.5 Å². The highest BCUT2D eigenvalue weighted by atomic mass is 32.2. The lowest BCUT2D eigenvalue weighted by molar-refractivity contribution is -0.118. The molecule has 0 saturated carbocycles. The van der Waals surface area contributed by atoms with Gasteiger partial charge < -0.3 is 5.32 Å². The monoisotopic (exact) mass is 298 g/mol. The van der Waals surface area contributed by atoms with Crippen LogP contribution in [0.25, 0.3) is 0 Å². The van der Waals surface area contributed by atoms with Gasteiger partial charge in [0.15, 0.2) is 0 Å². The number of benzene rings is 1. The minimum atomic E-state index is -0.491. The van der Waals surface area contributed by atoms with Gasteiger partial charge >= 0.3 is 6.03 Å². The van der Waals surface area contributed by atoms with Crippen LogP contribution in [0, 0.1) is 0 Å². The molecule has 0 aliphatic rings. The second kappa shape index (κ2) is 8.87. The standard InChI is InChI=1S/C13H18N2O2S2/c1-3-18-12(19-4-2)11(16)15-13(17)14-10-8-6-5-7-9-10/h5-9,12H,3-4H2,1-2H3,(H2,14,15,16,17). The summed E-state index contributed by atoms with van der Waals surface area (Å²) in [6.45, 7) is 3.98. The van der Waals surface area contributed by atoms with Crippen LogP contribution in [0.4, 0.5) is 10.5 Å². The molecule has 0 aliphatic heterocycles. The average Bonchev–Trinajstić information content (AvgIpc) is 2.39. The van der Waals surface area contributed by atoms with Crippen molar-refractivity contribution in [3.05, 3.63) is 30.3 Å². The maximum absolute atomic E-state index is 11.9. The van der Waals surface area contributed by atoms with Crippen LogP contribution in [-0.2, 0) is 4.79 Å². The summed E-state index contributed by atoms with van der Waals surface area (Å²) in [5.41, 5.74) is 0.663. The first-order chi connectivity index (χ1) is 9.17. The second-order valence-corrected chi connectivity index (χ2v) is 6.61. The molecule has 0 bridgehead atoms. The highest BCUT2D eigenvalue weighted by Gasteiger charge is 2.20. The van der Waals surface area contributed by atoms with Crippen molar-refractivity contribution in [1.29, 1.82) is 0 Å². The largest absolute Gasteiger partial charge is 0.325 e. The fourth-order valence-electron chi connectivity index (χ4n) is 1.36. The molecule has 19 heavy (non-hydrogen) atoms. The van der Waals surface area contributed by atoms with E-state index < -0.39 is 6.03 Å². The Labute approximate surface area is 122 Å². The second-order valence-electron chi connectivity index (χ2n) is 3.55. The molecule has 1 rings (SSSR count). The third-order valence-corrected chi connectivity index (χ3v) is 4.64. The molecule has 0 radical (unpaired) electrons. The molecule has 3 amide bonds. The van der Waals surface area contributed by atoms with Crippen molar-refractivity contribution in [2.24, 2.45) is 0 Å². The molecule has 0 fully saturated rings. The minimum absolute atomic E-state index is 0.239. The summed E-state index contributed by atoms with van der Waals surface area (Å²) >= 11 is 3.06. The van der Waals surface area contributed by atoms with Gasteiger partial charge in [-0.2, -0.15) is 0 Å². The van der Waals surface area contributed by atoms with Crippen LogP contribution in [0.3, 0.4) is 0 Å². The number of urea groups is 1. The van der Waals surface area contributed by atoms with E-state index in [-0.39, 0.29) is 10.5 Å². The van der Waals surface area contributed by atoms with Gasteiger partial charge in [-0.1, -0.05) is 32.0 Å². The molecule has 2 N–H and O–H groups in total. The third kappa shape index (κ3) is 6.02. The fourth-order valence-corrected chi connectivity index (χ4v) is 3.58. The Kier molecular flexibility index (Phi) is 7.43. The summed E-state index contributed by atoms with van der Waals surface area (Å²) in [7, 11) is 0.